The van der Waals surface area contributed by atoms with E-state index in [1.54, 1.807) is 0 Å². The number of hydrogen-bond donors (Lipinski definition) is 5. The molecule has 0 bridgehead atoms. The molecule has 2 aromatic carbocycles. The molecule has 1 aliphatic heterocycles. The lowest BCUT2D eigenvalue weighted by Crippen LogP contribution is -2.64. The summed E-state index contributed by atoms with van der Waals surface area (Å²) in [5.74, 6) is -1.96. The summed E-state index contributed by atoms with van der Waals surface area (Å²) >= 11 is 0. The zero-order valence-electron chi connectivity index (χ0n) is 15.9. The van der Waals surface area contributed by atoms with E-state index in [-0.39, 0.29) is 13.2 Å². The highest BCUT2D eigenvalue weighted by Crippen LogP contribution is 2.26. The number of nitrogens with zero attached hydrogens (tertiary/aromatic N) is 1. The van der Waals surface area contributed by atoms with Crippen LogP contribution >= 0.6 is 0 Å². The Morgan fingerprint density at radius 1 is 0.893 bits per heavy atom. The lowest BCUT2D eigenvalue weighted by Gasteiger charge is -2.43. The molecule has 0 radical (unpaired) electrons. The van der Waals surface area contributed by atoms with Crippen molar-refractivity contribution in [1.82, 2.24) is 4.90 Å². The molecule has 1 aliphatic rings. The lowest BCUT2D eigenvalue weighted by atomic mass is 9.96. The number of ether oxygens (including phenoxy) is 1. The normalized spacial score (nSPS) is 27.2. The molecule has 4 atom stereocenters. The Hall–Kier alpha value is -1.84. The molecular weight excluding hydrogens is 362 g/mol. The van der Waals surface area contributed by atoms with Crippen molar-refractivity contribution in [3.05, 3.63) is 71.8 Å². The van der Waals surface area contributed by atoms with Gasteiger partial charge in [0, 0.05) is 20.2 Å². The molecule has 7 nitrogen and oxygen atoms in total. The first kappa shape index (κ1) is 22.4. The molecule has 1 heterocycles. The second-order valence-corrected chi connectivity index (χ2v) is 6.77. The molecule has 0 saturated carbocycles. The molecule has 0 aliphatic carbocycles. The molecule has 3 rings (SSSR count). The molecular formula is C21H29NO6. The predicted molar refractivity (Wildman–Crippen MR) is 104 cm³/mol. The Labute approximate surface area is 165 Å². The summed E-state index contributed by atoms with van der Waals surface area (Å²) in [5.41, 5.74) is 2.11. The maximum absolute atomic E-state index is 10.8. The molecule has 0 aromatic heterocycles. The van der Waals surface area contributed by atoms with Crippen LogP contribution in [0, 0.1) is 0 Å². The Morgan fingerprint density at radius 3 is 1.82 bits per heavy atom. The third-order valence-electron chi connectivity index (χ3n) is 4.63. The molecule has 5 N–H and O–H groups in total. The number of aliphatic hydroxyl groups excluding tert-OH is 4. The summed E-state index contributed by atoms with van der Waals surface area (Å²) < 4.78 is 5.32. The number of rotatable bonds is 6. The van der Waals surface area contributed by atoms with Crippen molar-refractivity contribution in [3.63, 3.8) is 0 Å². The van der Waals surface area contributed by atoms with Crippen LogP contribution in [0.5, 0.6) is 0 Å². The largest absolute Gasteiger partial charge is 0.400 e. The van der Waals surface area contributed by atoms with E-state index in [4.69, 9.17) is 9.84 Å². The van der Waals surface area contributed by atoms with Gasteiger partial charge in [0.2, 0.25) is 5.79 Å². The van der Waals surface area contributed by atoms with Crippen molar-refractivity contribution < 1.29 is 30.3 Å². The van der Waals surface area contributed by atoms with E-state index in [0.29, 0.717) is 13.1 Å². The van der Waals surface area contributed by atoms with Crippen LogP contribution in [0.15, 0.2) is 60.7 Å². The predicted octanol–water partition coefficient (Wildman–Crippen LogP) is 0.0988. The van der Waals surface area contributed by atoms with Crippen molar-refractivity contribution in [2.24, 2.45) is 0 Å². The van der Waals surface area contributed by atoms with Gasteiger partial charge in [-0.3, -0.25) is 4.90 Å². The second-order valence-electron chi connectivity index (χ2n) is 6.77. The average Bonchev–Trinajstić information content (AvgIpc) is 2.73. The van der Waals surface area contributed by atoms with Crippen LogP contribution in [-0.4, -0.2) is 74.8 Å². The van der Waals surface area contributed by atoms with Gasteiger partial charge in [0.15, 0.2) is 0 Å². The van der Waals surface area contributed by atoms with Crippen molar-refractivity contribution >= 4 is 0 Å². The van der Waals surface area contributed by atoms with Crippen LogP contribution < -0.4 is 0 Å². The maximum atomic E-state index is 10.8. The van der Waals surface area contributed by atoms with Gasteiger partial charge < -0.3 is 30.3 Å². The third kappa shape index (κ3) is 5.83. The fraction of sp³-hybridized carbons (Fsp3) is 0.429. The first-order valence-corrected chi connectivity index (χ1v) is 9.13. The van der Waals surface area contributed by atoms with Crippen molar-refractivity contribution in [3.8, 4) is 0 Å². The molecule has 0 unspecified atom stereocenters. The van der Waals surface area contributed by atoms with Gasteiger partial charge in [-0.15, -0.1) is 0 Å². The topological polar surface area (TPSA) is 114 Å². The second kappa shape index (κ2) is 10.6. The van der Waals surface area contributed by atoms with E-state index in [1.807, 2.05) is 65.6 Å². The van der Waals surface area contributed by atoms with E-state index >= 15 is 0 Å². The molecule has 28 heavy (non-hydrogen) atoms. The highest BCUT2D eigenvalue weighted by atomic mass is 16.6. The van der Waals surface area contributed by atoms with Crippen LogP contribution in [0.3, 0.4) is 0 Å². The summed E-state index contributed by atoms with van der Waals surface area (Å²) in [5, 5.41) is 47.5. The van der Waals surface area contributed by atoms with Gasteiger partial charge in [-0.05, 0) is 11.1 Å². The molecule has 2 aromatic rings. The molecule has 154 valence electrons. The van der Waals surface area contributed by atoms with E-state index in [2.05, 4.69) is 0 Å². The smallest absolute Gasteiger partial charge is 0.207 e. The quantitative estimate of drug-likeness (QED) is 0.475. The zero-order chi connectivity index (χ0) is 20.6. The monoisotopic (exact) mass is 391 g/mol. The van der Waals surface area contributed by atoms with Gasteiger partial charge >= 0.3 is 0 Å². The van der Waals surface area contributed by atoms with Gasteiger partial charge in [0.25, 0.3) is 0 Å². The van der Waals surface area contributed by atoms with Gasteiger partial charge in [0.05, 0.1) is 13.2 Å². The molecule has 0 amide bonds. The number of benzene rings is 2. The van der Waals surface area contributed by atoms with Crippen LogP contribution in [0.2, 0.25) is 0 Å². The molecule has 7 heteroatoms. The summed E-state index contributed by atoms with van der Waals surface area (Å²) in [6, 6.07) is 19.6. The van der Waals surface area contributed by atoms with Crippen LogP contribution in [0.25, 0.3) is 0 Å². The minimum absolute atomic E-state index is 0.0122. The fourth-order valence-electron chi connectivity index (χ4n) is 3.20. The summed E-state index contributed by atoms with van der Waals surface area (Å²) in [7, 11) is 1.00. The Morgan fingerprint density at radius 2 is 1.36 bits per heavy atom. The van der Waals surface area contributed by atoms with Gasteiger partial charge in [-0.1, -0.05) is 60.7 Å². The maximum Gasteiger partial charge on any atom is 0.207 e. The fourth-order valence-corrected chi connectivity index (χ4v) is 3.20. The highest BCUT2D eigenvalue weighted by Gasteiger charge is 2.49. The lowest BCUT2D eigenvalue weighted by molar-refractivity contribution is -0.326. The first-order chi connectivity index (χ1) is 13.5. The van der Waals surface area contributed by atoms with Crippen LogP contribution in [0.4, 0.5) is 0 Å². The Bertz CT molecular complexity index is 644. The summed E-state index contributed by atoms with van der Waals surface area (Å²) in [6.45, 7) is 0.820. The molecule has 0 spiro atoms. The van der Waals surface area contributed by atoms with Gasteiger partial charge in [0.1, 0.15) is 18.3 Å². The van der Waals surface area contributed by atoms with Crippen molar-refractivity contribution in [2.45, 2.75) is 37.2 Å². The Kier molecular flexibility index (Phi) is 8.53. The highest BCUT2D eigenvalue weighted by molar-refractivity contribution is 5.17. The van der Waals surface area contributed by atoms with E-state index in [0.717, 1.165) is 18.2 Å². The minimum atomic E-state index is -1.96. The SMILES string of the molecule is CO.O[C@H]1[C@H](O)CO[C@@](O)(CN(Cc2ccccc2)Cc2ccccc2)[C@H]1O. The first-order valence-electron chi connectivity index (χ1n) is 9.13. The van der Waals surface area contributed by atoms with E-state index < -0.39 is 24.1 Å². The van der Waals surface area contributed by atoms with E-state index in [9.17, 15) is 20.4 Å². The summed E-state index contributed by atoms with van der Waals surface area (Å²) in [6.07, 6.45) is -4.27. The summed E-state index contributed by atoms with van der Waals surface area (Å²) in [4.78, 5) is 1.94. The Balaban J connectivity index is 0.00000136. The molecule has 1 saturated heterocycles. The number of aliphatic hydroxyl groups is 5. The third-order valence-corrected chi connectivity index (χ3v) is 4.63. The van der Waals surface area contributed by atoms with Crippen LogP contribution in [0.1, 0.15) is 11.1 Å². The molecule has 1 fully saturated rings. The van der Waals surface area contributed by atoms with Crippen molar-refractivity contribution in [1.29, 1.82) is 0 Å². The average molecular weight is 391 g/mol. The van der Waals surface area contributed by atoms with Crippen molar-refractivity contribution in [2.75, 3.05) is 20.3 Å². The minimum Gasteiger partial charge on any atom is -0.400 e. The van der Waals surface area contributed by atoms with E-state index in [1.165, 1.54) is 0 Å². The number of hydrogen-bond acceptors (Lipinski definition) is 7. The van der Waals surface area contributed by atoms with Crippen LogP contribution in [-0.2, 0) is 17.8 Å². The standard InChI is InChI=1S/C20H25NO5.CH4O/c22-17-13-26-20(25,19(24)18(17)23)14-21(11-15-7-3-1-4-8-15)12-16-9-5-2-6-10-16;1-2/h1-10,17-19,22-25H,11-14H2;2H,1H3/t17-,18+,19+,20+;/m1./s1. The van der Waals surface area contributed by atoms with Gasteiger partial charge in [-0.2, -0.15) is 0 Å². The zero-order valence-corrected chi connectivity index (χ0v) is 15.9. The van der Waals surface area contributed by atoms with Gasteiger partial charge in [-0.25, -0.2) is 0 Å².